The Morgan fingerprint density at radius 3 is 2.64 bits per heavy atom. The van der Waals surface area contributed by atoms with Crippen molar-refractivity contribution in [3.63, 3.8) is 0 Å². The van der Waals surface area contributed by atoms with Crippen LogP contribution in [0, 0.1) is 5.92 Å². The average molecular weight is 199 g/mol. The van der Waals surface area contributed by atoms with Gasteiger partial charge in [-0.05, 0) is 31.7 Å². The molecule has 0 saturated heterocycles. The van der Waals surface area contributed by atoms with Gasteiger partial charge < -0.3 is 10.0 Å². The Morgan fingerprint density at radius 2 is 2.21 bits per heavy atom. The lowest BCUT2D eigenvalue weighted by atomic mass is 10.1. The Labute approximate surface area is 86.1 Å². The molecule has 0 spiro atoms. The molecule has 3 nitrogen and oxygen atoms in total. The number of hydrogen-bond donors (Lipinski definition) is 1. The van der Waals surface area contributed by atoms with E-state index >= 15 is 0 Å². The van der Waals surface area contributed by atoms with Crippen LogP contribution in [0.5, 0.6) is 0 Å². The predicted molar refractivity (Wildman–Crippen MR) is 56.3 cm³/mol. The van der Waals surface area contributed by atoms with E-state index in [-0.39, 0.29) is 6.42 Å². The monoisotopic (exact) mass is 199 g/mol. The van der Waals surface area contributed by atoms with Gasteiger partial charge in [-0.3, -0.25) is 4.79 Å². The highest BCUT2D eigenvalue weighted by molar-refractivity contribution is 5.66. The first-order chi connectivity index (χ1) is 6.63. The highest BCUT2D eigenvalue weighted by Crippen LogP contribution is 2.28. The van der Waals surface area contributed by atoms with Gasteiger partial charge in [0.25, 0.3) is 0 Å². The van der Waals surface area contributed by atoms with E-state index in [1.165, 1.54) is 19.3 Å². The minimum Gasteiger partial charge on any atom is -0.481 e. The second-order valence-electron chi connectivity index (χ2n) is 4.34. The second kappa shape index (κ2) is 5.35. The van der Waals surface area contributed by atoms with Crippen molar-refractivity contribution in [1.82, 2.24) is 4.90 Å². The van der Waals surface area contributed by atoms with Gasteiger partial charge in [0.1, 0.15) is 0 Å². The van der Waals surface area contributed by atoms with Crippen molar-refractivity contribution in [2.45, 2.75) is 45.6 Å². The van der Waals surface area contributed by atoms with E-state index in [9.17, 15) is 4.79 Å². The van der Waals surface area contributed by atoms with Crippen LogP contribution in [0.2, 0.25) is 0 Å². The van der Waals surface area contributed by atoms with Crippen LogP contribution in [-0.2, 0) is 4.79 Å². The lowest BCUT2D eigenvalue weighted by Crippen LogP contribution is -2.35. The summed E-state index contributed by atoms with van der Waals surface area (Å²) in [5, 5.41) is 8.63. The fraction of sp³-hybridized carbons (Fsp3) is 0.909. The van der Waals surface area contributed by atoms with Crippen LogP contribution < -0.4 is 0 Å². The fourth-order valence-electron chi connectivity index (χ4n) is 2.35. The lowest BCUT2D eigenvalue weighted by Gasteiger charge is -2.26. The summed E-state index contributed by atoms with van der Waals surface area (Å²) in [7, 11) is 0. The zero-order valence-electron chi connectivity index (χ0n) is 9.20. The quantitative estimate of drug-likeness (QED) is 0.736. The third-order valence-corrected chi connectivity index (χ3v) is 3.20. The molecular formula is C11H21NO2. The molecule has 2 unspecified atom stereocenters. The molecule has 82 valence electrons. The number of carbonyl (C=O) groups is 1. The summed E-state index contributed by atoms with van der Waals surface area (Å²) in [5.74, 6) is 0.133. The molecule has 1 fully saturated rings. The number of hydrogen-bond acceptors (Lipinski definition) is 2. The van der Waals surface area contributed by atoms with Crippen LogP contribution in [0.3, 0.4) is 0 Å². The van der Waals surface area contributed by atoms with Crippen LogP contribution in [0.4, 0.5) is 0 Å². The van der Waals surface area contributed by atoms with Crippen molar-refractivity contribution in [2.75, 3.05) is 13.1 Å². The summed E-state index contributed by atoms with van der Waals surface area (Å²) >= 11 is 0. The maximum absolute atomic E-state index is 10.5. The third-order valence-electron chi connectivity index (χ3n) is 3.20. The molecular weight excluding hydrogens is 178 g/mol. The first kappa shape index (κ1) is 11.5. The average Bonchev–Trinajstić information content (AvgIpc) is 2.53. The van der Waals surface area contributed by atoms with Gasteiger partial charge in [-0.1, -0.05) is 13.8 Å². The van der Waals surface area contributed by atoms with E-state index in [0.29, 0.717) is 12.6 Å². The topological polar surface area (TPSA) is 40.5 Å². The summed E-state index contributed by atoms with van der Waals surface area (Å²) in [6.45, 7) is 6.09. The molecule has 0 aromatic carbocycles. The lowest BCUT2D eigenvalue weighted by molar-refractivity contribution is -0.137. The molecule has 1 saturated carbocycles. The molecule has 0 amide bonds. The van der Waals surface area contributed by atoms with Gasteiger partial charge in [-0.25, -0.2) is 0 Å². The number of carboxylic acid groups (broad SMARTS) is 1. The van der Waals surface area contributed by atoms with Crippen LogP contribution in [-0.4, -0.2) is 35.1 Å². The Hall–Kier alpha value is -0.570. The van der Waals surface area contributed by atoms with Gasteiger partial charge in [0.15, 0.2) is 0 Å². The molecule has 0 heterocycles. The van der Waals surface area contributed by atoms with Crippen LogP contribution >= 0.6 is 0 Å². The number of aliphatic carboxylic acids is 1. The Kier molecular flexibility index (Phi) is 4.39. The van der Waals surface area contributed by atoms with Crippen molar-refractivity contribution < 1.29 is 9.90 Å². The van der Waals surface area contributed by atoms with E-state index in [4.69, 9.17) is 5.11 Å². The summed E-state index contributed by atoms with van der Waals surface area (Å²) < 4.78 is 0. The molecule has 1 N–H and O–H groups in total. The van der Waals surface area contributed by atoms with E-state index in [0.717, 1.165) is 12.5 Å². The van der Waals surface area contributed by atoms with E-state index in [1.54, 1.807) is 0 Å². The first-order valence-corrected chi connectivity index (χ1v) is 5.59. The minimum atomic E-state index is -0.686. The molecule has 0 bridgehead atoms. The molecule has 0 aliphatic heterocycles. The van der Waals surface area contributed by atoms with E-state index < -0.39 is 5.97 Å². The van der Waals surface area contributed by atoms with Gasteiger partial charge in [0.05, 0.1) is 6.42 Å². The summed E-state index contributed by atoms with van der Waals surface area (Å²) in [6.07, 6.45) is 4.06. The zero-order chi connectivity index (χ0) is 10.6. The minimum absolute atomic E-state index is 0.277. The normalized spacial score (nSPS) is 27.1. The van der Waals surface area contributed by atoms with Crippen LogP contribution in [0.25, 0.3) is 0 Å². The molecule has 1 aliphatic rings. The number of nitrogens with zero attached hydrogens (tertiary/aromatic N) is 1. The highest BCUT2D eigenvalue weighted by atomic mass is 16.4. The van der Waals surface area contributed by atoms with Crippen molar-refractivity contribution >= 4 is 5.97 Å². The molecule has 0 radical (unpaired) electrons. The summed E-state index contributed by atoms with van der Waals surface area (Å²) in [5.41, 5.74) is 0. The predicted octanol–water partition coefficient (Wildman–Crippen LogP) is 1.97. The van der Waals surface area contributed by atoms with E-state index in [1.807, 2.05) is 0 Å². The van der Waals surface area contributed by atoms with Crippen molar-refractivity contribution in [1.29, 1.82) is 0 Å². The molecule has 0 aromatic rings. The van der Waals surface area contributed by atoms with E-state index in [2.05, 4.69) is 18.7 Å². The zero-order valence-corrected chi connectivity index (χ0v) is 9.20. The van der Waals surface area contributed by atoms with Gasteiger partial charge in [-0.15, -0.1) is 0 Å². The largest absolute Gasteiger partial charge is 0.481 e. The first-order valence-electron chi connectivity index (χ1n) is 5.59. The second-order valence-corrected chi connectivity index (χ2v) is 4.34. The van der Waals surface area contributed by atoms with Crippen molar-refractivity contribution in [3.8, 4) is 0 Å². The molecule has 2 atom stereocenters. The SMILES string of the molecule is CCN(CCC(=O)O)C1CCC(C)C1. The summed E-state index contributed by atoms with van der Waals surface area (Å²) in [4.78, 5) is 12.8. The molecule has 14 heavy (non-hydrogen) atoms. The third kappa shape index (κ3) is 3.29. The van der Waals surface area contributed by atoms with Crippen molar-refractivity contribution in [2.24, 2.45) is 5.92 Å². The molecule has 3 heteroatoms. The van der Waals surface area contributed by atoms with Gasteiger partial charge in [0, 0.05) is 12.6 Å². The number of rotatable bonds is 5. The maximum atomic E-state index is 10.5. The Bertz CT molecular complexity index is 194. The molecule has 1 aliphatic carbocycles. The van der Waals surface area contributed by atoms with Crippen LogP contribution in [0.15, 0.2) is 0 Å². The standard InChI is InChI=1S/C11H21NO2/c1-3-12(7-6-11(13)14)10-5-4-9(2)8-10/h9-10H,3-8H2,1-2H3,(H,13,14). The highest BCUT2D eigenvalue weighted by Gasteiger charge is 2.25. The smallest absolute Gasteiger partial charge is 0.304 e. The molecule has 0 aromatic heterocycles. The maximum Gasteiger partial charge on any atom is 0.304 e. The van der Waals surface area contributed by atoms with Crippen molar-refractivity contribution in [3.05, 3.63) is 0 Å². The van der Waals surface area contributed by atoms with Gasteiger partial charge in [-0.2, -0.15) is 0 Å². The Morgan fingerprint density at radius 1 is 1.50 bits per heavy atom. The fourth-order valence-corrected chi connectivity index (χ4v) is 2.35. The molecule has 1 rings (SSSR count). The van der Waals surface area contributed by atoms with Gasteiger partial charge in [0.2, 0.25) is 0 Å². The summed E-state index contributed by atoms with van der Waals surface area (Å²) in [6, 6.07) is 0.634. The Balaban J connectivity index is 2.34. The van der Waals surface area contributed by atoms with Crippen LogP contribution in [0.1, 0.15) is 39.5 Å². The van der Waals surface area contributed by atoms with Gasteiger partial charge >= 0.3 is 5.97 Å². The number of carboxylic acids is 1.